The topological polar surface area (TPSA) is 0 Å². The van der Waals surface area contributed by atoms with E-state index in [-0.39, 0.29) is 5.41 Å². The first kappa shape index (κ1) is 16.0. The molecule has 0 amide bonds. The van der Waals surface area contributed by atoms with Crippen LogP contribution in [0, 0.1) is 0 Å². The molecule has 0 heterocycles. The largest absolute Gasteiger partial charge is 0.0880 e. The van der Waals surface area contributed by atoms with E-state index in [2.05, 4.69) is 98.2 Å². The number of benzene rings is 2. The van der Waals surface area contributed by atoms with Crippen molar-refractivity contribution >= 4 is 21.5 Å². The second-order valence-corrected chi connectivity index (χ2v) is 6.67. The molecule has 1 heteroatoms. The van der Waals surface area contributed by atoms with Gasteiger partial charge in [0.2, 0.25) is 0 Å². The van der Waals surface area contributed by atoms with Crippen molar-refractivity contribution in [1.29, 1.82) is 0 Å². The molecule has 2 rings (SSSR count). The van der Waals surface area contributed by atoms with Gasteiger partial charge in [-0.3, -0.25) is 0 Å². The highest BCUT2D eigenvalue weighted by atomic mass is 79.9. The first-order valence-corrected chi connectivity index (χ1v) is 8.47. The highest BCUT2D eigenvalue weighted by Crippen LogP contribution is 2.32. The summed E-state index contributed by atoms with van der Waals surface area (Å²) in [5.74, 6) is 0. The normalized spacial score (nSPS) is 13.0. The van der Waals surface area contributed by atoms with Gasteiger partial charge in [-0.1, -0.05) is 89.9 Å². The number of halogens is 1. The Kier molecular flexibility index (Phi) is 5.05. The van der Waals surface area contributed by atoms with E-state index in [1.807, 2.05) is 0 Å². The molecule has 0 unspecified atom stereocenters. The lowest BCUT2D eigenvalue weighted by atomic mass is 9.78. The molecule has 0 spiro atoms. The Balaban J connectivity index is 2.35. The predicted octanol–water partition coefficient (Wildman–Crippen LogP) is 6.20. The van der Waals surface area contributed by atoms with Crippen LogP contribution in [0.25, 0.3) is 5.57 Å². The first-order chi connectivity index (χ1) is 9.96. The van der Waals surface area contributed by atoms with Crippen molar-refractivity contribution in [2.24, 2.45) is 0 Å². The molecule has 0 aliphatic rings. The average Bonchev–Trinajstić information content (AvgIpc) is 2.54. The highest BCUT2D eigenvalue weighted by molar-refractivity contribution is 9.09. The molecular formula is C20H23Br. The zero-order valence-corrected chi connectivity index (χ0v) is 14.9. The minimum Gasteiger partial charge on any atom is -0.0880 e. The van der Waals surface area contributed by atoms with Gasteiger partial charge < -0.3 is 0 Å². The summed E-state index contributed by atoms with van der Waals surface area (Å²) >= 11 is 3.53. The van der Waals surface area contributed by atoms with Crippen LogP contribution in [0.1, 0.15) is 44.4 Å². The molecule has 0 nitrogen and oxygen atoms in total. The van der Waals surface area contributed by atoms with E-state index in [4.69, 9.17) is 0 Å². The zero-order valence-electron chi connectivity index (χ0n) is 13.3. The van der Waals surface area contributed by atoms with Crippen LogP contribution < -0.4 is 0 Å². The van der Waals surface area contributed by atoms with Gasteiger partial charge in [-0.25, -0.2) is 0 Å². The Morgan fingerprint density at radius 1 is 0.857 bits per heavy atom. The van der Waals surface area contributed by atoms with Crippen molar-refractivity contribution in [3.8, 4) is 0 Å². The van der Waals surface area contributed by atoms with Gasteiger partial charge in [0, 0.05) is 10.7 Å². The van der Waals surface area contributed by atoms with Crippen molar-refractivity contribution in [2.75, 3.05) is 5.33 Å². The van der Waals surface area contributed by atoms with Gasteiger partial charge in [-0.05, 0) is 36.1 Å². The lowest BCUT2D eigenvalue weighted by molar-refractivity contribution is 0.641. The van der Waals surface area contributed by atoms with Crippen molar-refractivity contribution in [3.63, 3.8) is 0 Å². The van der Waals surface area contributed by atoms with Gasteiger partial charge >= 0.3 is 0 Å². The van der Waals surface area contributed by atoms with Crippen molar-refractivity contribution in [2.45, 2.75) is 33.1 Å². The van der Waals surface area contributed by atoms with Gasteiger partial charge in [0.25, 0.3) is 0 Å². The third-order valence-electron chi connectivity index (χ3n) is 4.38. The molecule has 0 saturated carbocycles. The van der Waals surface area contributed by atoms with Crippen LogP contribution in [0.5, 0.6) is 0 Å². The Hall–Kier alpha value is -1.34. The summed E-state index contributed by atoms with van der Waals surface area (Å²) in [6.07, 6.45) is 0. The Morgan fingerprint density at radius 3 is 1.90 bits per heavy atom. The Bertz CT molecular complexity index is 619. The van der Waals surface area contributed by atoms with E-state index in [0.717, 1.165) is 5.33 Å². The molecule has 0 N–H and O–H groups in total. The molecule has 0 aliphatic heterocycles. The summed E-state index contributed by atoms with van der Waals surface area (Å²) in [4.78, 5) is 0. The van der Waals surface area contributed by atoms with Crippen molar-refractivity contribution < 1.29 is 0 Å². The van der Waals surface area contributed by atoms with Crippen LogP contribution >= 0.6 is 15.9 Å². The molecule has 0 saturated heterocycles. The number of rotatable bonds is 4. The third-order valence-corrected chi connectivity index (χ3v) is 5.22. The summed E-state index contributed by atoms with van der Waals surface area (Å²) in [5.41, 5.74) is 6.77. The van der Waals surface area contributed by atoms with Crippen LogP contribution in [0.15, 0.2) is 60.2 Å². The molecule has 2 aromatic carbocycles. The van der Waals surface area contributed by atoms with E-state index in [0.29, 0.717) is 0 Å². The van der Waals surface area contributed by atoms with E-state index in [1.165, 1.54) is 27.8 Å². The van der Waals surface area contributed by atoms with Crippen LogP contribution in [0.4, 0.5) is 0 Å². The molecular weight excluding hydrogens is 320 g/mol. The number of hydrogen-bond donors (Lipinski definition) is 0. The van der Waals surface area contributed by atoms with Gasteiger partial charge in [0.1, 0.15) is 0 Å². The van der Waals surface area contributed by atoms with Crippen molar-refractivity contribution in [1.82, 2.24) is 0 Å². The Labute approximate surface area is 137 Å². The van der Waals surface area contributed by atoms with Crippen LogP contribution in [-0.4, -0.2) is 5.33 Å². The number of alkyl halides is 1. The maximum absolute atomic E-state index is 3.53. The summed E-state index contributed by atoms with van der Waals surface area (Å²) < 4.78 is 0. The Morgan fingerprint density at radius 2 is 1.38 bits per heavy atom. The second-order valence-electron chi connectivity index (χ2n) is 6.11. The van der Waals surface area contributed by atoms with E-state index < -0.39 is 0 Å². The highest BCUT2D eigenvalue weighted by Gasteiger charge is 2.22. The molecule has 110 valence electrons. The SMILES string of the molecule is CC(CBr)=C(C)c1ccc(C(C)(C)c2ccccc2)cc1. The molecule has 21 heavy (non-hydrogen) atoms. The van der Waals surface area contributed by atoms with Crippen LogP contribution in [0.3, 0.4) is 0 Å². The van der Waals surface area contributed by atoms with Crippen molar-refractivity contribution in [3.05, 3.63) is 76.9 Å². The van der Waals surface area contributed by atoms with E-state index in [1.54, 1.807) is 0 Å². The number of hydrogen-bond acceptors (Lipinski definition) is 0. The van der Waals surface area contributed by atoms with Crippen LogP contribution in [0.2, 0.25) is 0 Å². The minimum absolute atomic E-state index is 0.0296. The maximum atomic E-state index is 3.53. The monoisotopic (exact) mass is 342 g/mol. The molecule has 0 atom stereocenters. The summed E-state index contributed by atoms with van der Waals surface area (Å²) in [5, 5.41) is 0.927. The lowest BCUT2D eigenvalue weighted by Crippen LogP contribution is -2.18. The molecule has 2 aromatic rings. The second kappa shape index (κ2) is 6.62. The van der Waals surface area contributed by atoms with Gasteiger partial charge in [0.05, 0.1) is 0 Å². The summed E-state index contributed by atoms with van der Waals surface area (Å²) in [6, 6.07) is 19.7. The fourth-order valence-corrected chi connectivity index (χ4v) is 2.93. The molecule has 0 radical (unpaired) electrons. The van der Waals surface area contributed by atoms with Gasteiger partial charge in [-0.15, -0.1) is 0 Å². The van der Waals surface area contributed by atoms with Crippen LogP contribution in [-0.2, 0) is 5.41 Å². The molecule has 0 aliphatic carbocycles. The van der Waals surface area contributed by atoms with Gasteiger partial charge in [-0.2, -0.15) is 0 Å². The minimum atomic E-state index is 0.0296. The molecule has 0 fully saturated rings. The van der Waals surface area contributed by atoms with Gasteiger partial charge in [0.15, 0.2) is 0 Å². The quantitative estimate of drug-likeness (QED) is 0.580. The predicted molar refractivity (Wildman–Crippen MR) is 97.1 cm³/mol. The molecule has 0 bridgehead atoms. The first-order valence-electron chi connectivity index (χ1n) is 7.35. The molecule has 0 aromatic heterocycles. The summed E-state index contributed by atoms with van der Waals surface area (Å²) in [6.45, 7) is 8.92. The maximum Gasteiger partial charge on any atom is 0.0245 e. The van der Waals surface area contributed by atoms with E-state index in [9.17, 15) is 0 Å². The average molecular weight is 343 g/mol. The van der Waals surface area contributed by atoms with E-state index >= 15 is 0 Å². The third kappa shape index (κ3) is 3.47. The lowest BCUT2D eigenvalue weighted by Gasteiger charge is -2.26. The number of allylic oxidation sites excluding steroid dienone is 2. The zero-order chi connectivity index (χ0) is 15.5. The smallest absolute Gasteiger partial charge is 0.0245 e. The standard InChI is InChI=1S/C20H23Br/c1-15(14-21)16(2)17-10-12-19(13-11-17)20(3,4)18-8-6-5-7-9-18/h5-13H,14H2,1-4H3. The fourth-order valence-electron chi connectivity index (χ4n) is 2.51. The fraction of sp³-hybridized carbons (Fsp3) is 0.300. The summed E-state index contributed by atoms with van der Waals surface area (Å²) in [7, 11) is 0.